The first-order chi connectivity index (χ1) is 12.7. The van der Waals surface area contributed by atoms with E-state index >= 15 is 0 Å². The number of carbonyl (C=O) groups is 1. The predicted octanol–water partition coefficient (Wildman–Crippen LogP) is 3.60. The van der Waals surface area contributed by atoms with E-state index in [9.17, 15) is 4.79 Å². The summed E-state index contributed by atoms with van der Waals surface area (Å²) in [6.07, 6.45) is 4.38. The number of nitrogens with zero attached hydrogens (tertiary/aromatic N) is 3. The summed E-state index contributed by atoms with van der Waals surface area (Å²) in [5, 5.41) is 7.62. The number of anilines is 1. The molecule has 26 heavy (non-hydrogen) atoms. The first-order valence-corrected chi connectivity index (χ1v) is 8.73. The molecular weight excluding hydrogens is 328 g/mol. The Morgan fingerprint density at radius 1 is 1.19 bits per heavy atom. The van der Waals surface area contributed by atoms with E-state index in [1.54, 1.807) is 10.9 Å². The summed E-state index contributed by atoms with van der Waals surface area (Å²) in [6.45, 7) is 2.07. The number of fused-ring (bicyclic) bond motifs is 1. The fraction of sp³-hybridized carbons (Fsp3) is 0.250. The lowest BCUT2D eigenvalue weighted by Gasteiger charge is -2.34. The Kier molecular flexibility index (Phi) is 3.31. The minimum atomic E-state index is -0.356. The Hall–Kier alpha value is -3.15. The van der Waals surface area contributed by atoms with E-state index in [0.29, 0.717) is 18.1 Å². The van der Waals surface area contributed by atoms with E-state index in [1.165, 1.54) is 17.5 Å². The van der Waals surface area contributed by atoms with Crippen molar-refractivity contribution in [3.63, 3.8) is 0 Å². The van der Waals surface area contributed by atoms with E-state index < -0.39 is 0 Å². The van der Waals surface area contributed by atoms with Crippen LogP contribution in [0.1, 0.15) is 41.7 Å². The van der Waals surface area contributed by atoms with E-state index in [0.717, 1.165) is 17.7 Å². The van der Waals surface area contributed by atoms with Crippen molar-refractivity contribution in [2.75, 3.05) is 5.32 Å². The van der Waals surface area contributed by atoms with Crippen molar-refractivity contribution in [1.82, 2.24) is 14.8 Å². The van der Waals surface area contributed by atoms with Crippen molar-refractivity contribution in [2.24, 2.45) is 0 Å². The van der Waals surface area contributed by atoms with Gasteiger partial charge in [-0.05, 0) is 37.0 Å². The summed E-state index contributed by atoms with van der Waals surface area (Å²) < 4.78 is 7.34. The van der Waals surface area contributed by atoms with Crippen LogP contribution < -0.4 is 5.32 Å². The van der Waals surface area contributed by atoms with Gasteiger partial charge >= 0.3 is 0 Å². The van der Waals surface area contributed by atoms with E-state index in [2.05, 4.69) is 46.6 Å². The monoisotopic (exact) mass is 346 g/mol. The Morgan fingerprint density at radius 2 is 2.04 bits per heavy atom. The van der Waals surface area contributed by atoms with Gasteiger partial charge in [0, 0.05) is 17.7 Å². The molecule has 0 bridgehead atoms. The van der Waals surface area contributed by atoms with E-state index in [1.807, 2.05) is 12.1 Å². The Labute approximate surface area is 150 Å². The molecule has 6 nitrogen and oxygen atoms in total. The number of furan rings is 1. The molecule has 3 heterocycles. The predicted molar refractivity (Wildman–Crippen MR) is 95.7 cm³/mol. The van der Waals surface area contributed by atoms with Gasteiger partial charge in [0.05, 0.1) is 6.26 Å². The second-order valence-corrected chi connectivity index (χ2v) is 6.90. The molecule has 2 aromatic heterocycles. The van der Waals surface area contributed by atoms with Crippen molar-refractivity contribution in [2.45, 2.75) is 31.7 Å². The molecule has 0 amide bonds. The third-order valence-electron chi connectivity index (χ3n) is 5.22. The summed E-state index contributed by atoms with van der Waals surface area (Å²) in [7, 11) is 0. The number of allylic oxidation sites excluding steroid dienone is 2. The van der Waals surface area contributed by atoms with Gasteiger partial charge in [-0.15, -0.1) is 0 Å². The fourth-order valence-corrected chi connectivity index (χ4v) is 3.94. The second-order valence-electron chi connectivity index (χ2n) is 6.90. The molecule has 1 aromatic carbocycles. The van der Waals surface area contributed by atoms with Crippen LogP contribution in [0.2, 0.25) is 0 Å². The maximum Gasteiger partial charge on any atom is 0.226 e. The number of aryl methyl sites for hydroxylation is 1. The number of rotatable bonds is 2. The van der Waals surface area contributed by atoms with Crippen LogP contribution in [0.3, 0.4) is 0 Å². The highest BCUT2D eigenvalue weighted by Gasteiger charge is 2.40. The first kappa shape index (κ1) is 15.1. The number of nitrogens with one attached hydrogen (secondary N) is 1. The van der Waals surface area contributed by atoms with E-state index in [-0.39, 0.29) is 17.7 Å². The highest BCUT2D eigenvalue weighted by Crippen LogP contribution is 2.43. The van der Waals surface area contributed by atoms with Crippen LogP contribution in [-0.2, 0) is 4.79 Å². The molecule has 0 spiro atoms. The molecule has 2 atom stereocenters. The first-order valence-electron chi connectivity index (χ1n) is 8.73. The summed E-state index contributed by atoms with van der Waals surface area (Å²) in [5.41, 5.74) is 4.08. The van der Waals surface area contributed by atoms with Crippen molar-refractivity contribution < 1.29 is 9.21 Å². The fourth-order valence-electron chi connectivity index (χ4n) is 3.94. The molecule has 0 saturated carbocycles. The number of ketones is 1. The van der Waals surface area contributed by atoms with Gasteiger partial charge in [0.1, 0.15) is 18.1 Å². The minimum absolute atomic E-state index is 0.131. The van der Waals surface area contributed by atoms with Gasteiger partial charge in [-0.1, -0.05) is 29.8 Å². The molecule has 130 valence electrons. The lowest BCUT2D eigenvalue weighted by molar-refractivity contribution is -0.116. The largest absolute Gasteiger partial charge is 0.467 e. The number of hydrogen-bond acceptors (Lipinski definition) is 5. The lowest BCUT2D eigenvalue weighted by atomic mass is 9.78. The SMILES string of the molecule is Cc1ccc([C@H]2CC(=O)C3=C(C2)Nc2ncnn2[C@H]3c2ccco2)cc1. The van der Waals surface area contributed by atoms with Gasteiger partial charge in [-0.3, -0.25) is 4.79 Å². The zero-order valence-electron chi connectivity index (χ0n) is 14.3. The summed E-state index contributed by atoms with van der Waals surface area (Å²) in [5.74, 6) is 1.64. The van der Waals surface area contributed by atoms with Gasteiger partial charge in [0.15, 0.2) is 5.78 Å². The average Bonchev–Trinajstić information content (AvgIpc) is 3.32. The number of benzene rings is 1. The minimum Gasteiger partial charge on any atom is -0.467 e. The van der Waals surface area contributed by atoms with Crippen LogP contribution in [-0.4, -0.2) is 20.5 Å². The van der Waals surface area contributed by atoms with Gasteiger partial charge in [-0.2, -0.15) is 10.1 Å². The smallest absolute Gasteiger partial charge is 0.226 e. The van der Waals surface area contributed by atoms with Gasteiger partial charge in [-0.25, -0.2) is 4.68 Å². The molecule has 0 radical (unpaired) electrons. The highest BCUT2D eigenvalue weighted by atomic mass is 16.3. The molecular formula is C20H18N4O2. The van der Waals surface area contributed by atoms with Crippen LogP contribution in [0.25, 0.3) is 0 Å². The molecule has 1 aliphatic heterocycles. The topological polar surface area (TPSA) is 73.0 Å². The summed E-state index contributed by atoms with van der Waals surface area (Å²) in [6, 6.07) is 11.8. The molecule has 0 saturated heterocycles. The van der Waals surface area contributed by atoms with Crippen molar-refractivity contribution in [3.8, 4) is 0 Å². The van der Waals surface area contributed by atoms with Crippen molar-refractivity contribution in [3.05, 3.63) is 77.1 Å². The lowest BCUT2D eigenvalue weighted by Crippen LogP contribution is -2.33. The Morgan fingerprint density at radius 3 is 2.81 bits per heavy atom. The quantitative estimate of drug-likeness (QED) is 0.767. The molecule has 0 fully saturated rings. The molecule has 1 N–H and O–H groups in total. The number of Topliss-reactive ketones (excluding diaryl/α,β-unsaturated/α-hetero) is 1. The average molecular weight is 346 g/mol. The molecule has 1 aliphatic carbocycles. The van der Waals surface area contributed by atoms with Gasteiger partial charge < -0.3 is 9.73 Å². The molecule has 6 heteroatoms. The third kappa shape index (κ3) is 2.29. The number of aromatic nitrogens is 3. The standard InChI is InChI=1S/C20H18N4O2/c1-12-4-6-13(7-5-12)14-9-15-18(16(25)10-14)19(17-3-2-8-26-17)24-20(23-15)21-11-22-24/h2-8,11,14,19H,9-10H2,1H3,(H,21,22,23)/t14-,19+/m1/s1. The van der Waals surface area contributed by atoms with E-state index in [4.69, 9.17) is 4.42 Å². The molecule has 2 aliphatic rings. The van der Waals surface area contributed by atoms with Crippen LogP contribution in [0, 0.1) is 6.92 Å². The Balaban J connectivity index is 1.58. The maximum atomic E-state index is 13.1. The van der Waals surface area contributed by atoms with Crippen LogP contribution in [0.15, 0.2) is 64.7 Å². The Bertz CT molecular complexity index is 999. The molecule has 3 aromatic rings. The number of hydrogen-bond donors (Lipinski definition) is 1. The van der Waals surface area contributed by atoms with Crippen LogP contribution in [0.5, 0.6) is 0 Å². The van der Waals surface area contributed by atoms with Gasteiger partial charge in [0.25, 0.3) is 0 Å². The zero-order valence-corrected chi connectivity index (χ0v) is 14.3. The second kappa shape index (κ2) is 5.69. The van der Waals surface area contributed by atoms with Crippen LogP contribution in [0.4, 0.5) is 5.95 Å². The normalized spacial score (nSPS) is 22.0. The maximum absolute atomic E-state index is 13.1. The van der Waals surface area contributed by atoms with Crippen LogP contribution >= 0.6 is 0 Å². The van der Waals surface area contributed by atoms with Gasteiger partial charge in [0.2, 0.25) is 5.95 Å². The summed E-state index contributed by atoms with van der Waals surface area (Å²) in [4.78, 5) is 17.4. The molecule has 0 unspecified atom stereocenters. The number of carbonyl (C=O) groups excluding carboxylic acids is 1. The summed E-state index contributed by atoms with van der Waals surface area (Å²) >= 11 is 0. The highest BCUT2D eigenvalue weighted by molar-refractivity contribution is 6.00. The van der Waals surface area contributed by atoms with Crippen molar-refractivity contribution in [1.29, 1.82) is 0 Å². The molecule has 5 rings (SSSR count). The van der Waals surface area contributed by atoms with Crippen molar-refractivity contribution >= 4 is 11.7 Å². The zero-order chi connectivity index (χ0) is 17.7. The third-order valence-corrected chi connectivity index (χ3v) is 5.22.